The van der Waals surface area contributed by atoms with Gasteiger partial charge in [0.2, 0.25) is 0 Å². The van der Waals surface area contributed by atoms with Crippen molar-refractivity contribution in [2.75, 3.05) is 11.9 Å². The van der Waals surface area contributed by atoms with Crippen LogP contribution in [0.4, 0.5) is 5.69 Å². The van der Waals surface area contributed by atoms with Gasteiger partial charge in [0.15, 0.2) is 0 Å². The summed E-state index contributed by atoms with van der Waals surface area (Å²) in [5.41, 5.74) is 0.917. The number of aromatic hydroxyl groups is 1. The predicted molar refractivity (Wildman–Crippen MR) is 92.9 cm³/mol. The largest absolute Gasteiger partial charge is 0.506 e. The molecule has 2 aromatic rings. The van der Waals surface area contributed by atoms with Crippen LogP contribution in [-0.4, -0.2) is 17.6 Å². The van der Waals surface area contributed by atoms with Crippen LogP contribution in [0.1, 0.15) is 12.5 Å². The first-order valence-corrected chi connectivity index (χ1v) is 7.56. The van der Waals surface area contributed by atoms with E-state index in [0.29, 0.717) is 23.6 Å². The lowest BCUT2D eigenvalue weighted by molar-refractivity contribution is -0.112. The lowest BCUT2D eigenvalue weighted by atomic mass is 10.1. The molecule has 0 fully saturated rings. The predicted octanol–water partition coefficient (Wildman–Crippen LogP) is 3.99. The molecule has 0 saturated carbocycles. The number of nitrogens with one attached hydrogen (secondary N) is 1. The van der Waals surface area contributed by atoms with E-state index in [2.05, 4.69) is 5.32 Å². The zero-order valence-electron chi connectivity index (χ0n) is 12.9. The number of carbonyl (C=O) groups is 1. The minimum Gasteiger partial charge on any atom is -0.506 e. The zero-order chi connectivity index (χ0) is 17.5. The molecule has 0 spiro atoms. The number of anilines is 1. The van der Waals surface area contributed by atoms with E-state index in [1.54, 1.807) is 30.3 Å². The van der Waals surface area contributed by atoms with Gasteiger partial charge >= 0.3 is 0 Å². The van der Waals surface area contributed by atoms with E-state index >= 15 is 0 Å². The molecule has 0 bridgehead atoms. The third-order valence-corrected chi connectivity index (χ3v) is 3.39. The van der Waals surface area contributed by atoms with Crippen molar-refractivity contribution in [1.29, 1.82) is 5.26 Å². The van der Waals surface area contributed by atoms with E-state index in [9.17, 15) is 15.2 Å². The maximum atomic E-state index is 12.3. The molecule has 0 aliphatic carbocycles. The fourth-order valence-electron chi connectivity index (χ4n) is 1.97. The highest BCUT2D eigenvalue weighted by Crippen LogP contribution is 2.26. The molecule has 0 aliphatic rings. The average Bonchev–Trinajstić information content (AvgIpc) is 2.57. The summed E-state index contributed by atoms with van der Waals surface area (Å²) in [4.78, 5) is 12.3. The number of para-hydroxylation sites is 2. The Morgan fingerprint density at radius 2 is 2.12 bits per heavy atom. The molecule has 0 heterocycles. The normalized spacial score (nSPS) is 10.8. The van der Waals surface area contributed by atoms with Gasteiger partial charge in [-0.2, -0.15) is 5.26 Å². The summed E-state index contributed by atoms with van der Waals surface area (Å²) < 4.78 is 5.44. The van der Waals surface area contributed by atoms with Crippen molar-refractivity contribution in [1.82, 2.24) is 0 Å². The zero-order valence-corrected chi connectivity index (χ0v) is 13.7. The van der Waals surface area contributed by atoms with Gasteiger partial charge in [-0.3, -0.25) is 4.79 Å². The molecule has 6 heteroatoms. The third-order valence-electron chi connectivity index (χ3n) is 3.08. The number of carbonyl (C=O) groups excluding carboxylic acids is 1. The Kier molecular flexibility index (Phi) is 5.83. The van der Waals surface area contributed by atoms with E-state index in [0.717, 1.165) is 0 Å². The summed E-state index contributed by atoms with van der Waals surface area (Å²) in [6.45, 7) is 2.30. The molecule has 1 amide bonds. The number of phenolic OH excluding ortho intramolecular Hbond substituents is 1. The molecule has 0 unspecified atom stereocenters. The van der Waals surface area contributed by atoms with Crippen LogP contribution in [0.25, 0.3) is 6.08 Å². The van der Waals surface area contributed by atoms with Crippen molar-refractivity contribution in [2.45, 2.75) is 6.92 Å². The Labute approximate surface area is 144 Å². The molecule has 0 saturated heterocycles. The van der Waals surface area contributed by atoms with E-state index in [1.165, 1.54) is 18.2 Å². The number of rotatable bonds is 5. The van der Waals surface area contributed by atoms with Gasteiger partial charge in [0.1, 0.15) is 23.1 Å². The number of benzene rings is 2. The first kappa shape index (κ1) is 17.4. The van der Waals surface area contributed by atoms with Crippen molar-refractivity contribution in [3.05, 3.63) is 58.6 Å². The van der Waals surface area contributed by atoms with Gasteiger partial charge in [-0.05, 0) is 42.8 Å². The van der Waals surface area contributed by atoms with Gasteiger partial charge in [0, 0.05) is 0 Å². The summed E-state index contributed by atoms with van der Waals surface area (Å²) in [7, 11) is 0. The number of phenols is 1. The average molecular weight is 343 g/mol. The molecular formula is C18H15ClN2O3. The lowest BCUT2D eigenvalue weighted by Gasteiger charge is -2.10. The van der Waals surface area contributed by atoms with Crippen molar-refractivity contribution in [3.63, 3.8) is 0 Å². The Morgan fingerprint density at radius 3 is 2.79 bits per heavy atom. The van der Waals surface area contributed by atoms with Crippen molar-refractivity contribution in [3.8, 4) is 17.6 Å². The number of nitrogens with zero attached hydrogens (tertiary/aromatic N) is 1. The molecule has 0 aromatic heterocycles. The standard InChI is InChI=1S/C18H15ClN2O3/c1-2-24-17-6-4-3-5-15(17)21-18(23)13(11-20)9-12-7-8-16(22)14(19)10-12/h3-10,22H,2H2,1H3,(H,21,23). The van der Waals surface area contributed by atoms with Crippen molar-refractivity contribution in [2.24, 2.45) is 0 Å². The van der Waals surface area contributed by atoms with Gasteiger partial charge in [-0.15, -0.1) is 0 Å². The number of hydrogen-bond acceptors (Lipinski definition) is 4. The molecule has 24 heavy (non-hydrogen) atoms. The highest BCUT2D eigenvalue weighted by Gasteiger charge is 2.12. The first-order chi connectivity index (χ1) is 11.5. The van der Waals surface area contributed by atoms with Gasteiger partial charge in [-0.25, -0.2) is 0 Å². The smallest absolute Gasteiger partial charge is 0.266 e. The molecule has 0 atom stereocenters. The Bertz CT molecular complexity index is 825. The van der Waals surface area contributed by atoms with Gasteiger partial charge in [-0.1, -0.05) is 29.8 Å². The minimum absolute atomic E-state index is 0.0672. The minimum atomic E-state index is -0.561. The molecule has 5 nitrogen and oxygen atoms in total. The van der Waals surface area contributed by atoms with Crippen molar-refractivity contribution < 1.29 is 14.6 Å². The second kappa shape index (κ2) is 8.04. The van der Waals surface area contributed by atoms with Crippen LogP contribution in [0.5, 0.6) is 11.5 Å². The molecule has 0 radical (unpaired) electrons. The van der Waals surface area contributed by atoms with Gasteiger partial charge < -0.3 is 15.2 Å². The molecule has 0 aliphatic heterocycles. The van der Waals surface area contributed by atoms with Crippen LogP contribution < -0.4 is 10.1 Å². The highest BCUT2D eigenvalue weighted by atomic mass is 35.5. The quantitative estimate of drug-likeness (QED) is 0.635. The summed E-state index contributed by atoms with van der Waals surface area (Å²) in [5, 5.41) is 21.4. The van der Waals surface area contributed by atoms with Crippen LogP contribution in [-0.2, 0) is 4.79 Å². The third kappa shape index (κ3) is 4.28. The maximum absolute atomic E-state index is 12.3. The number of nitriles is 1. The first-order valence-electron chi connectivity index (χ1n) is 7.18. The lowest BCUT2D eigenvalue weighted by Crippen LogP contribution is -2.14. The summed E-state index contributed by atoms with van der Waals surface area (Å²) in [6, 6.07) is 13.2. The number of ether oxygens (including phenoxy) is 1. The topological polar surface area (TPSA) is 82.3 Å². The van der Waals surface area contributed by atoms with E-state index in [4.69, 9.17) is 16.3 Å². The second-order valence-corrected chi connectivity index (χ2v) is 5.17. The highest BCUT2D eigenvalue weighted by molar-refractivity contribution is 6.32. The molecule has 2 N–H and O–H groups in total. The summed E-state index contributed by atoms with van der Waals surface area (Å²) in [5.74, 6) is -0.102. The molecule has 2 rings (SSSR count). The van der Waals surface area contributed by atoms with Gasteiger partial charge in [0.05, 0.1) is 17.3 Å². The fourth-order valence-corrected chi connectivity index (χ4v) is 2.16. The van der Waals surface area contributed by atoms with Crippen LogP contribution in [0.15, 0.2) is 48.0 Å². The SMILES string of the molecule is CCOc1ccccc1NC(=O)C(C#N)=Cc1ccc(O)c(Cl)c1. The Balaban J connectivity index is 2.25. The molecule has 122 valence electrons. The Morgan fingerprint density at radius 1 is 1.38 bits per heavy atom. The Hall–Kier alpha value is -2.97. The van der Waals surface area contributed by atoms with Crippen LogP contribution in [0.3, 0.4) is 0 Å². The fraction of sp³-hybridized carbons (Fsp3) is 0.111. The van der Waals surface area contributed by atoms with E-state index in [-0.39, 0.29) is 16.3 Å². The molecular weight excluding hydrogens is 328 g/mol. The van der Waals surface area contributed by atoms with Crippen LogP contribution in [0.2, 0.25) is 5.02 Å². The van der Waals surface area contributed by atoms with Crippen LogP contribution in [0, 0.1) is 11.3 Å². The number of hydrogen-bond donors (Lipinski definition) is 2. The summed E-state index contributed by atoms with van der Waals surface area (Å²) >= 11 is 5.83. The van der Waals surface area contributed by atoms with E-state index < -0.39 is 5.91 Å². The number of amides is 1. The van der Waals surface area contributed by atoms with Crippen LogP contribution >= 0.6 is 11.6 Å². The van der Waals surface area contributed by atoms with Crippen molar-refractivity contribution >= 4 is 29.3 Å². The van der Waals surface area contributed by atoms with Gasteiger partial charge in [0.25, 0.3) is 5.91 Å². The maximum Gasteiger partial charge on any atom is 0.266 e. The number of halogens is 1. The second-order valence-electron chi connectivity index (χ2n) is 4.76. The summed E-state index contributed by atoms with van der Waals surface area (Å²) in [6.07, 6.45) is 1.39. The molecule has 2 aromatic carbocycles. The van der Waals surface area contributed by atoms with E-state index in [1.807, 2.05) is 13.0 Å². The monoisotopic (exact) mass is 342 g/mol.